The third-order valence-corrected chi connectivity index (χ3v) is 6.79. The normalized spacial score (nSPS) is 15.1. The van der Waals surface area contributed by atoms with Crippen molar-refractivity contribution in [3.63, 3.8) is 0 Å². The molecule has 0 spiro atoms. The molecule has 0 bridgehead atoms. The Kier molecular flexibility index (Phi) is 5.80. The van der Waals surface area contributed by atoms with E-state index in [0.717, 1.165) is 37.7 Å². The highest BCUT2D eigenvalue weighted by Gasteiger charge is 2.39. The predicted molar refractivity (Wildman–Crippen MR) is 120 cm³/mol. The van der Waals surface area contributed by atoms with Crippen LogP contribution in [0.2, 0.25) is 0 Å². The molecule has 3 aromatic rings. The smallest absolute Gasteiger partial charge is 0.343 e. The molecule has 0 aliphatic heterocycles. The van der Waals surface area contributed by atoms with Gasteiger partial charge in [0.2, 0.25) is 0 Å². The van der Waals surface area contributed by atoms with Crippen LogP contribution in [0, 0.1) is 5.92 Å². The molecule has 3 nitrogen and oxygen atoms in total. The summed E-state index contributed by atoms with van der Waals surface area (Å²) in [6.07, 6.45) is 4.56. The van der Waals surface area contributed by atoms with Crippen LogP contribution in [-0.2, 0) is 11.8 Å². The number of rotatable bonds is 8. The van der Waals surface area contributed by atoms with Crippen molar-refractivity contribution in [3.8, 4) is 5.75 Å². The number of benzene rings is 2. The quantitative estimate of drug-likeness (QED) is 0.489. The van der Waals surface area contributed by atoms with Crippen LogP contribution in [0.1, 0.15) is 67.9 Å². The molecule has 30 heavy (non-hydrogen) atoms. The van der Waals surface area contributed by atoms with Crippen molar-refractivity contribution in [2.45, 2.75) is 57.3 Å². The molecule has 0 saturated heterocycles. The van der Waals surface area contributed by atoms with Crippen LogP contribution >= 0.6 is 0 Å². The number of hydrogen-bond acceptors (Lipinski definition) is 3. The molecule has 1 aliphatic carbocycles. The van der Waals surface area contributed by atoms with Gasteiger partial charge in [0.25, 0.3) is 0 Å². The lowest BCUT2D eigenvalue weighted by Gasteiger charge is -2.31. The van der Waals surface area contributed by atoms with Crippen LogP contribution < -0.4 is 5.63 Å². The highest BCUT2D eigenvalue weighted by Crippen LogP contribution is 2.48. The fraction of sp³-hybridized carbons (Fsp3) is 0.370. The molecule has 156 valence electrons. The van der Waals surface area contributed by atoms with Crippen LogP contribution in [0.25, 0.3) is 0 Å². The number of hydrogen-bond donors (Lipinski definition) is 1. The Bertz CT molecular complexity index is 1030. The van der Waals surface area contributed by atoms with Gasteiger partial charge >= 0.3 is 5.63 Å². The second-order valence-corrected chi connectivity index (χ2v) is 8.57. The van der Waals surface area contributed by atoms with Gasteiger partial charge in [-0.25, -0.2) is 4.79 Å². The van der Waals surface area contributed by atoms with E-state index in [2.05, 4.69) is 26.0 Å². The topological polar surface area (TPSA) is 50.4 Å². The molecule has 1 N–H and O–H groups in total. The minimum Gasteiger partial charge on any atom is -0.507 e. The Balaban J connectivity index is 1.77. The second-order valence-electron chi connectivity index (χ2n) is 8.57. The lowest BCUT2D eigenvalue weighted by Crippen LogP contribution is -2.29. The first kappa shape index (κ1) is 20.5. The van der Waals surface area contributed by atoms with E-state index < -0.39 is 5.63 Å². The molecule has 1 aliphatic rings. The Hall–Kier alpha value is -2.81. The van der Waals surface area contributed by atoms with Crippen molar-refractivity contribution in [2.75, 3.05) is 0 Å². The van der Waals surface area contributed by atoms with Gasteiger partial charge < -0.3 is 9.52 Å². The van der Waals surface area contributed by atoms with Gasteiger partial charge in [0.05, 0.1) is 5.56 Å². The third kappa shape index (κ3) is 3.94. The first-order valence-corrected chi connectivity index (χ1v) is 11.0. The molecule has 2 aromatic carbocycles. The minimum atomic E-state index is -0.398. The molecule has 4 rings (SSSR count). The zero-order valence-electron chi connectivity index (χ0n) is 17.8. The van der Waals surface area contributed by atoms with Gasteiger partial charge in [0.1, 0.15) is 11.5 Å². The van der Waals surface area contributed by atoms with E-state index >= 15 is 0 Å². The van der Waals surface area contributed by atoms with Gasteiger partial charge in [-0.15, -0.1) is 0 Å². The summed E-state index contributed by atoms with van der Waals surface area (Å²) in [5.74, 6) is 0.938. The lowest BCUT2D eigenvalue weighted by molar-refractivity contribution is 0.284. The van der Waals surface area contributed by atoms with Gasteiger partial charge in [-0.2, -0.15) is 0 Å². The van der Waals surface area contributed by atoms with E-state index in [1.807, 2.05) is 48.5 Å². The molecule has 1 saturated carbocycles. The van der Waals surface area contributed by atoms with E-state index in [1.54, 1.807) is 6.07 Å². The molecular weight excluding hydrogens is 372 g/mol. The summed E-state index contributed by atoms with van der Waals surface area (Å²) < 4.78 is 5.97. The van der Waals surface area contributed by atoms with Crippen LogP contribution in [0.15, 0.2) is 75.9 Å². The van der Waals surface area contributed by atoms with E-state index in [9.17, 15) is 9.90 Å². The Morgan fingerprint density at radius 2 is 1.60 bits per heavy atom. The summed E-state index contributed by atoms with van der Waals surface area (Å²) in [6.45, 7) is 4.24. The predicted octanol–water partition coefficient (Wildman–Crippen LogP) is 6.19. The van der Waals surface area contributed by atoms with Gasteiger partial charge in [0.15, 0.2) is 0 Å². The van der Waals surface area contributed by atoms with Crippen molar-refractivity contribution < 1.29 is 9.52 Å². The Morgan fingerprint density at radius 3 is 2.13 bits per heavy atom. The monoisotopic (exact) mass is 402 g/mol. The molecule has 1 unspecified atom stereocenters. The average molecular weight is 403 g/mol. The second kappa shape index (κ2) is 8.51. The zero-order chi connectivity index (χ0) is 21.1. The summed E-state index contributed by atoms with van der Waals surface area (Å²) in [7, 11) is 0. The molecule has 1 atom stereocenters. The molecule has 1 fully saturated rings. The van der Waals surface area contributed by atoms with Crippen molar-refractivity contribution >= 4 is 0 Å². The van der Waals surface area contributed by atoms with E-state index in [1.165, 1.54) is 5.56 Å². The first-order valence-electron chi connectivity index (χ1n) is 11.0. The van der Waals surface area contributed by atoms with Crippen LogP contribution in [0.4, 0.5) is 0 Å². The number of aromatic hydroxyl groups is 1. The van der Waals surface area contributed by atoms with Crippen molar-refractivity contribution in [3.05, 3.63) is 99.6 Å². The molecular formula is C27H30O3. The van der Waals surface area contributed by atoms with Gasteiger partial charge in [0, 0.05) is 17.4 Å². The Morgan fingerprint density at radius 1 is 1.00 bits per heavy atom. The zero-order valence-corrected chi connectivity index (χ0v) is 17.8. The van der Waals surface area contributed by atoms with Gasteiger partial charge in [-0.3, -0.25) is 0 Å². The molecule has 0 radical (unpaired) electrons. The van der Waals surface area contributed by atoms with Crippen molar-refractivity contribution in [2.24, 2.45) is 5.92 Å². The Labute approximate surface area is 178 Å². The fourth-order valence-electron chi connectivity index (χ4n) is 4.73. The van der Waals surface area contributed by atoms with E-state index in [0.29, 0.717) is 17.2 Å². The third-order valence-electron chi connectivity index (χ3n) is 6.79. The summed E-state index contributed by atoms with van der Waals surface area (Å²) >= 11 is 0. The largest absolute Gasteiger partial charge is 0.507 e. The first-order chi connectivity index (χ1) is 14.6. The van der Waals surface area contributed by atoms with Gasteiger partial charge in [-0.1, -0.05) is 74.5 Å². The molecule has 3 heteroatoms. The highest BCUT2D eigenvalue weighted by atomic mass is 16.4. The maximum absolute atomic E-state index is 13.2. The standard InChI is InChI=1S/C27H30O3/c1-3-27(4-2,18-19-11-7-5-8-12-19)23-17-22(28)25(26(29)30-23)24(21-15-16-21)20-13-9-6-10-14-20/h5-14,17,21,24,28H,3-4,15-16,18H2,1-2H3. The highest BCUT2D eigenvalue weighted by molar-refractivity contribution is 5.42. The molecule has 1 heterocycles. The van der Waals surface area contributed by atoms with E-state index in [4.69, 9.17) is 4.42 Å². The summed E-state index contributed by atoms with van der Waals surface area (Å²) in [6, 6.07) is 22.0. The summed E-state index contributed by atoms with van der Waals surface area (Å²) in [5, 5.41) is 11.0. The fourth-order valence-corrected chi connectivity index (χ4v) is 4.73. The summed E-state index contributed by atoms with van der Waals surface area (Å²) in [4.78, 5) is 13.2. The van der Waals surface area contributed by atoms with Crippen LogP contribution in [0.5, 0.6) is 5.75 Å². The van der Waals surface area contributed by atoms with Crippen LogP contribution in [-0.4, -0.2) is 5.11 Å². The lowest BCUT2D eigenvalue weighted by atomic mass is 9.74. The van der Waals surface area contributed by atoms with Crippen molar-refractivity contribution in [1.29, 1.82) is 0 Å². The van der Waals surface area contributed by atoms with Crippen molar-refractivity contribution in [1.82, 2.24) is 0 Å². The molecule has 0 amide bonds. The SMILES string of the molecule is CCC(CC)(Cc1ccccc1)c1cc(O)c(C(c2ccccc2)C2CC2)c(=O)o1. The van der Waals surface area contributed by atoms with E-state index in [-0.39, 0.29) is 17.1 Å². The average Bonchev–Trinajstić information content (AvgIpc) is 3.61. The maximum atomic E-state index is 13.2. The van der Waals surface area contributed by atoms with Crippen LogP contribution in [0.3, 0.4) is 0 Å². The summed E-state index contributed by atoms with van der Waals surface area (Å²) in [5.41, 5.74) is 1.96. The maximum Gasteiger partial charge on any atom is 0.343 e. The molecule has 1 aromatic heterocycles. The van der Waals surface area contributed by atoms with Gasteiger partial charge in [-0.05, 0) is 49.1 Å². The minimum absolute atomic E-state index is 0.0707.